The molecular formula is C16H12N5. The van der Waals surface area contributed by atoms with Crippen molar-refractivity contribution >= 4 is 5.69 Å². The topological polar surface area (TPSA) is 57.7 Å². The lowest BCUT2D eigenvalue weighted by Gasteiger charge is -2.25. The maximum absolute atomic E-state index is 8.89. The van der Waals surface area contributed by atoms with Crippen molar-refractivity contribution in [2.45, 2.75) is 6.54 Å². The predicted molar refractivity (Wildman–Crippen MR) is 78.0 cm³/mol. The Morgan fingerprint density at radius 3 is 2.33 bits per heavy atom. The quantitative estimate of drug-likeness (QED) is 0.733. The third kappa shape index (κ3) is 2.90. The highest BCUT2D eigenvalue weighted by Gasteiger charge is 2.09. The number of nitriles is 1. The molecule has 0 atom stereocenters. The molecule has 0 spiro atoms. The molecule has 0 fully saturated rings. The van der Waals surface area contributed by atoms with E-state index in [1.807, 2.05) is 46.1 Å². The van der Waals surface area contributed by atoms with Crippen LogP contribution in [0.15, 0.2) is 61.2 Å². The number of hydrogen-bond acceptors (Lipinski definition) is 4. The van der Waals surface area contributed by atoms with Crippen molar-refractivity contribution in [1.29, 1.82) is 5.26 Å². The van der Waals surface area contributed by atoms with Crippen molar-refractivity contribution in [2.75, 3.05) is 5.01 Å². The van der Waals surface area contributed by atoms with E-state index in [0.29, 0.717) is 12.1 Å². The average Bonchev–Trinajstić information content (AvgIpc) is 3.08. The smallest absolute Gasteiger partial charge is 0.139 e. The van der Waals surface area contributed by atoms with Gasteiger partial charge in [-0.25, -0.2) is 4.68 Å². The molecule has 2 aromatic carbocycles. The molecule has 101 valence electrons. The van der Waals surface area contributed by atoms with Crippen LogP contribution in [0.25, 0.3) is 0 Å². The Morgan fingerprint density at radius 1 is 1.05 bits per heavy atom. The van der Waals surface area contributed by atoms with E-state index < -0.39 is 0 Å². The molecule has 1 heterocycles. The molecule has 0 aliphatic heterocycles. The molecule has 0 unspecified atom stereocenters. The van der Waals surface area contributed by atoms with Crippen molar-refractivity contribution < 1.29 is 0 Å². The molecule has 0 aliphatic rings. The Balaban J connectivity index is 1.94. The normalized spacial score (nSPS) is 10.0. The highest BCUT2D eigenvalue weighted by Crippen LogP contribution is 2.18. The van der Waals surface area contributed by atoms with Crippen molar-refractivity contribution in [3.05, 3.63) is 78.4 Å². The van der Waals surface area contributed by atoms with Crippen molar-refractivity contribution in [3.63, 3.8) is 0 Å². The summed E-state index contributed by atoms with van der Waals surface area (Å²) >= 11 is 0. The van der Waals surface area contributed by atoms with Crippen LogP contribution < -0.4 is 5.01 Å². The highest BCUT2D eigenvalue weighted by atomic mass is 15.6. The molecule has 0 saturated heterocycles. The minimum atomic E-state index is 0.636. The standard InChI is InChI=1S/C16H12N5/c17-10-14-6-8-16(9-7-14)21(20-12-18-19-13-20)11-15-4-2-1-3-5-15/h2-9,12-13H,11H2. The Labute approximate surface area is 122 Å². The molecule has 0 aliphatic carbocycles. The van der Waals surface area contributed by atoms with Crippen LogP contribution in [0, 0.1) is 17.4 Å². The zero-order valence-electron chi connectivity index (χ0n) is 11.2. The van der Waals surface area contributed by atoms with Crippen LogP contribution in [0.5, 0.6) is 0 Å². The van der Waals surface area contributed by atoms with Crippen LogP contribution in [0.3, 0.4) is 0 Å². The van der Waals surface area contributed by atoms with Gasteiger partial charge in [0.05, 0.1) is 23.9 Å². The summed E-state index contributed by atoms with van der Waals surface area (Å²) in [4.78, 5) is 0. The summed E-state index contributed by atoms with van der Waals surface area (Å²) in [5.41, 5.74) is 2.74. The van der Waals surface area contributed by atoms with Gasteiger partial charge in [-0.15, -0.1) is 10.2 Å². The summed E-state index contributed by atoms with van der Waals surface area (Å²) in [6.07, 6.45) is 3.29. The van der Waals surface area contributed by atoms with Gasteiger partial charge in [0.2, 0.25) is 0 Å². The molecule has 5 heteroatoms. The number of rotatable bonds is 4. The molecule has 1 aromatic heterocycles. The number of aromatic nitrogens is 3. The summed E-state index contributed by atoms with van der Waals surface area (Å²) in [5.74, 6) is 0. The second-order valence-corrected chi connectivity index (χ2v) is 4.47. The summed E-state index contributed by atoms with van der Waals surface area (Å²) < 4.78 is 1.82. The molecule has 3 rings (SSSR count). The molecule has 21 heavy (non-hydrogen) atoms. The Hall–Kier alpha value is -3.13. The van der Waals surface area contributed by atoms with Crippen molar-refractivity contribution in [2.24, 2.45) is 0 Å². The van der Waals surface area contributed by atoms with Crippen LogP contribution in [-0.4, -0.2) is 14.9 Å². The number of hydrogen-bond donors (Lipinski definition) is 0. The monoisotopic (exact) mass is 274 g/mol. The summed E-state index contributed by atoms with van der Waals surface area (Å²) in [5, 5.41) is 18.6. The highest BCUT2D eigenvalue weighted by molar-refractivity contribution is 5.49. The lowest BCUT2D eigenvalue weighted by Crippen LogP contribution is -2.27. The van der Waals surface area contributed by atoms with Gasteiger partial charge in [0, 0.05) is 0 Å². The van der Waals surface area contributed by atoms with Gasteiger partial charge in [-0.1, -0.05) is 24.3 Å². The number of anilines is 1. The van der Waals surface area contributed by atoms with E-state index in [2.05, 4.69) is 22.3 Å². The molecule has 3 aromatic rings. The van der Waals surface area contributed by atoms with E-state index in [1.54, 1.807) is 24.8 Å². The lowest BCUT2D eigenvalue weighted by atomic mass is 10.2. The van der Waals surface area contributed by atoms with Gasteiger partial charge in [0.1, 0.15) is 12.7 Å². The fourth-order valence-electron chi connectivity index (χ4n) is 2.03. The van der Waals surface area contributed by atoms with Gasteiger partial charge < -0.3 is 0 Å². The molecule has 0 bridgehead atoms. The Bertz CT molecular complexity index is 727. The maximum atomic E-state index is 8.89. The first-order valence-electron chi connectivity index (χ1n) is 6.44. The SMILES string of the molecule is N#Cc1ccc(N(Cc2cc[c]cc2)n2cnnc2)cc1. The fourth-order valence-corrected chi connectivity index (χ4v) is 2.03. The average molecular weight is 274 g/mol. The predicted octanol–water partition coefficient (Wildman–Crippen LogP) is 2.42. The van der Waals surface area contributed by atoms with Crippen LogP contribution >= 0.6 is 0 Å². The van der Waals surface area contributed by atoms with Gasteiger partial charge in [-0.2, -0.15) is 5.26 Å². The Morgan fingerprint density at radius 2 is 1.71 bits per heavy atom. The summed E-state index contributed by atoms with van der Waals surface area (Å²) in [6.45, 7) is 0.665. The largest absolute Gasteiger partial charge is 0.274 e. The van der Waals surface area contributed by atoms with Gasteiger partial charge in [-0.05, 0) is 35.9 Å². The second-order valence-electron chi connectivity index (χ2n) is 4.47. The van der Waals surface area contributed by atoms with E-state index in [1.165, 1.54) is 0 Å². The minimum Gasteiger partial charge on any atom is -0.274 e. The first-order chi connectivity index (χ1) is 10.4. The summed E-state index contributed by atoms with van der Waals surface area (Å²) in [7, 11) is 0. The zero-order valence-corrected chi connectivity index (χ0v) is 11.2. The van der Waals surface area contributed by atoms with Crippen LogP contribution in [0.2, 0.25) is 0 Å². The van der Waals surface area contributed by atoms with E-state index in [-0.39, 0.29) is 0 Å². The van der Waals surface area contributed by atoms with E-state index in [9.17, 15) is 0 Å². The fraction of sp³-hybridized carbons (Fsp3) is 0.0625. The van der Waals surface area contributed by atoms with E-state index >= 15 is 0 Å². The Kier molecular flexibility index (Phi) is 3.61. The van der Waals surface area contributed by atoms with Crippen molar-refractivity contribution in [3.8, 4) is 6.07 Å². The molecule has 0 N–H and O–H groups in total. The maximum Gasteiger partial charge on any atom is 0.139 e. The third-order valence-electron chi connectivity index (χ3n) is 3.10. The molecule has 0 saturated carbocycles. The number of benzene rings is 2. The van der Waals surface area contributed by atoms with Crippen LogP contribution in [0.1, 0.15) is 11.1 Å². The second kappa shape index (κ2) is 5.88. The van der Waals surface area contributed by atoms with Gasteiger partial charge in [0.25, 0.3) is 0 Å². The molecule has 1 radical (unpaired) electrons. The molecule has 5 nitrogen and oxygen atoms in total. The van der Waals surface area contributed by atoms with Gasteiger partial charge in [-0.3, -0.25) is 5.01 Å². The summed E-state index contributed by atoms with van der Waals surface area (Å²) in [6, 6.07) is 20.4. The third-order valence-corrected chi connectivity index (χ3v) is 3.10. The first kappa shape index (κ1) is 12.9. The van der Waals surface area contributed by atoms with Crippen LogP contribution in [-0.2, 0) is 6.54 Å². The van der Waals surface area contributed by atoms with E-state index in [0.717, 1.165) is 11.3 Å². The molecule has 0 amide bonds. The number of nitrogens with zero attached hydrogens (tertiary/aromatic N) is 5. The lowest BCUT2D eigenvalue weighted by molar-refractivity contribution is 0.686. The van der Waals surface area contributed by atoms with Crippen molar-refractivity contribution in [1.82, 2.24) is 14.9 Å². The van der Waals surface area contributed by atoms with Crippen LogP contribution in [0.4, 0.5) is 5.69 Å². The van der Waals surface area contributed by atoms with E-state index in [4.69, 9.17) is 5.26 Å². The zero-order chi connectivity index (χ0) is 14.5. The van der Waals surface area contributed by atoms with Gasteiger partial charge >= 0.3 is 0 Å². The molecular weight excluding hydrogens is 262 g/mol. The first-order valence-corrected chi connectivity index (χ1v) is 6.44. The minimum absolute atomic E-state index is 0.636. The van der Waals surface area contributed by atoms with Gasteiger partial charge in [0.15, 0.2) is 0 Å².